The maximum absolute atomic E-state index is 12.2. The summed E-state index contributed by atoms with van der Waals surface area (Å²) < 4.78 is 37.6. The number of carbonyl (C=O) groups excluding carboxylic acids is 1. The van der Waals surface area contributed by atoms with Gasteiger partial charge in [-0.05, 0) is 29.8 Å². The normalized spacial score (nSPS) is 12.8. The van der Waals surface area contributed by atoms with Crippen LogP contribution in [0.25, 0.3) is 0 Å². The van der Waals surface area contributed by atoms with Crippen LogP contribution in [0.1, 0.15) is 12.5 Å². The smallest absolute Gasteiger partial charge is 0.240 e. The fraction of sp³-hybridized carbons (Fsp3) is 0.278. The lowest BCUT2D eigenvalue weighted by Gasteiger charge is -2.21. The third-order valence-electron chi connectivity index (χ3n) is 3.98. The predicted molar refractivity (Wildman–Crippen MR) is 95.3 cm³/mol. The van der Waals surface area contributed by atoms with Crippen LogP contribution >= 0.6 is 0 Å². The Morgan fingerprint density at radius 1 is 1.12 bits per heavy atom. The SMILES string of the molecule is CC(=O)N(CCNS(=O)(=O)c1ccccc1)Cc1ccc2c(c1)OCO2. The first kappa shape index (κ1) is 18.2. The molecule has 1 aliphatic heterocycles. The van der Waals surface area contributed by atoms with Gasteiger partial charge in [0.1, 0.15) is 0 Å². The second-order valence-corrected chi connectivity index (χ2v) is 7.61. The van der Waals surface area contributed by atoms with Crippen molar-refractivity contribution in [2.45, 2.75) is 18.4 Å². The van der Waals surface area contributed by atoms with Gasteiger partial charge in [0.2, 0.25) is 22.7 Å². The van der Waals surface area contributed by atoms with Crippen molar-refractivity contribution in [1.82, 2.24) is 9.62 Å². The predicted octanol–water partition coefficient (Wildman–Crippen LogP) is 1.74. The van der Waals surface area contributed by atoms with Crippen molar-refractivity contribution in [2.75, 3.05) is 19.9 Å². The van der Waals surface area contributed by atoms with Crippen molar-refractivity contribution < 1.29 is 22.7 Å². The van der Waals surface area contributed by atoms with Crippen molar-refractivity contribution in [2.24, 2.45) is 0 Å². The van der Waals surface area contributed by atoms with E-state index in [2.05, 4.69) is 4.72 Å². The van der Waals surface area contributed by atoms with E-state index in [1.54, 1.807) is 29.2 Å². The van der Waals surface area contributed by atoms with Gasteiger partial charge in [-0.15, -0.1) is 0 Å². The molecule has 3 rings (SSSR count). The number of nitrogens with one attached hydrogen (secondary N) is 1. The number of nitrogens with zero attached hydrogens (tertiary/aromatic N) is 1. The van der Waals surface area contributed by atoms with Crippen LogP contribution in [0.4, 0.5) is 0 Å². The van der Waals surface area contributed by atoms with Crippen molar-refractivity contribution in [3.63, 3.8) is 0 Å². The van der Waals surface area contributed by atoms with Gasteiger partial charge in [0.15, 0.2) is 11.5 Å². The molecule has 0 radical (unpaired) electrons. The van der Waals surface area contributed by atoms with Gasteiger partial charge < -0.3 is 14.4 Å². The highest BCUT2D eigenvalue weighted by Crippen LogP contribution is 2.32. The average molecular weight is 376 g/mol. The molecule has 0 spiro atoms. The van der Waals surface area contributed by atoms with Gasteiger partial charge in [-0.3, -0.25) is 4.79 Å². The quantitative estimate of drug-likeness (QED) is 0.796. The van der Waals surface area contributed by atoms with Gasteiger partial charge in [0.25, 0.3) is 0 Å². The second kappa shape index (κ2) is 7.76. The van der Waals surface area contributed by atoms with E-state index in [1.165, 1.54) is 19.1 Å². The molecule has 7 nitrogen and oxygen atoms in total. The summed E-state index contributed by atoms with van der Waals surface area (Å²) in [6, 6.07) is 13.6. The van der Waals surface area contributed by atoms with E-state index in [1.807, 2.05) is 12.1 Å². The zero-order valence-electron chi connectivity index (χ0n) is 14.3. The summed E-state index contributed by atoms with van der Waals surface area (Å²) in [7, 11) is -3.59. The van der Waals surface area contributed by atoms with Gasteiger partial charge in [0, 0.05) is 26.6 Å². The standard InChI is InChI=1S/C18H20N2O5S/c1-14(21)20(12-15-7-8-17-18(11-15)25-13-24-17)10-9-19-26(22,23)16-5-3-2-4-6-16/h2-8,11,19H,9-10,12-13H2,1H3. The zero-order valence-corrected chi connectivity index (χ0v) is 15.2. The van der Waals surface area contributed by atoms with Crippen LogP contribution in [0.15, 0.2) is 53.4 Å². The van der Waals surface area contributed by atoms with E-state index in [-0.39, 0.29) is 30.7 Å². The Balaban J connectivity index is 1.60. The van der Waals surface area contributed by atoms with Crippen LogP contribution in [0.3, 0.4) is 0 Å². The van der Waals surface area contributed by atoms with Crippen LogP contribution in [0.5, 0.6) is 11.5 Å². The molecule has 1 heterocycles. The number of carbonyl (C=O) groups is 1. The molecule has 1 aliphatic rings. The molecule has 0 bridgehead atoms. The monoisotopic (exact) mass is 376 g/mol. The summed E-state index contributed by atoms with van der Waals surface area (Å²) >= 11 is 0. The third kappa shape index (κ3) is 4.33. The molecule has 26 heavy (non-hydrogen) atoms. The minimum Gasteiger partial charge on any atom is -0.454 e. The molecule has 0 unspecified atom stereocenters. The Labute approximate surface area is 152 Å². The first-order chi connectivity index (χ1) is 12.5. The number of hydrogen-bond acceptors (Lipinski definition) is 5. The minimum atomic E-state index is -3.59. The van der Waals surface area contributed by atoms with Crippen molar-refractivity contribution in [3.8, 4) is 11.5 Å². The van der Waals surface area contributed by atoms with Gasteiger partial charge in [-0.1, -0.05) is 24.3 Å². The summed E-state index contributed by atoms with van der Waals surface area (Å²) in [5, 5.41) is 0. The average Bonchev–Trinajstić information content (AvgIpc) is 3.09. The van der Waals surface area contributed by atoms with E-state index in [0.29, 0.717) is 18.0 Å². The molecular weight excluding hydrogens is 356 g/mol. The van der Waals surface area contributed by atoms with E-state index in [9.17, 15) is 13.2 Å². The summed E-state index contributed by atoms with van der Waals surface area (Å²) in [5.41, 5.74) is 0.885. The Morgan fingerprint density at radius 2 is 1.85 bits per heavy atom. The Morgan fingerprint density at radius 3 is 2.58 bits per heavy atom. The molecule has 0 fully saturated rings. The lowest BCUT2D eigenvalue weighted by molar-refractivity contribution is -0.129. The molecule has 0 saturated heterocycles. The topological polar surface area (TPSA) is 84.9 Å². The van der Waals surface area contributed by atoms with E-state index < -0.39 is 10.0 Å². The summed E-state index contributed by atoms with van der Waals surface area (Å²) in [4.78, 5) is 13.7. The summed E-state index contributed by atoms with van der Waals surface area (Å²) in [5.74, 6) is 1.19. The lowest BCUT2D eigenvalue weighted by Crippen LogP contribution is -2.37. The highest BCUT2D eigenvalue weighted by Gasteiger charge is 2.17. The molecule has 0 aromatic heterocycles. The number of sulfonamides is 1. The van der Waals surface area contributed by atoms with Crippen LogP contribution in [0.2, 0.25) is 0 Å². The van der Waals surface area contributed by atoms with E-state index in [4.69, 9.17) is 9.47 Å². The van der Waals surface area contributed by atoms with Crippen LogP contribution in [0, 0.1) is 0 Å². The zero-order chi connectivity index (χ0) is 18.6. The number of ether oxygens (including phenoxy) is 2. The second-order valence-electron chi connectivity index (χ2n) is 5.84. The van der Waals surface area contributed by atoms with Crippen molar-refractivity contribution in [1.29, 1.82) is 0 Å². The number of hydrogen-bond donors (Lipinski definition) is 1. The number of amides is 1. The molecule has 1 N–H and O–H groups in total. The van der Waals surface area contributed by atoms with Gasteiger partial charge >= 0.3 is 0 Å². The van der Waals surface area contributed by atoms with Crippen LogP contribution < -0.4 is 14.2 Å². The lowest BCUT2D eigenvalue weighted by atomic mass is 10.2. The minimum absolute atomic E-state index is 0.126. The van der Waals surface area contributed by atoms with Crippen LogP contribution in [-0.4, -0.2) is 39.1 Å². The van der Waals surface area contributed by atoms with Gasteiger partial charge in [-0.2, -0.15) is 0 Å². The molecule has 2 aromatic carbocycles. The molecule has 1 amide bonds. The van der Waals surface area contributed by atoms with Crippen LogP contribution in [-0.2, 0) is 21.4 Å². The first-order valence-corrected chi connectivity index (χ1v) is 9.63. The Kier molecular flexibility index (Phi) is 5.43. The molecule has 0 saturated carbocycles. The first-order valence-electron chi connectivity index (χ1n) is 8.14. The maximum atomic E-state index is 12.2. The third-order valence-corrected chi connectivity index (χ3v) is 5.46. The summed E-state index contributed by atoms with van der Waals surface area (Å²) in [6.45, 7) is 2.39. The fourth-order valence-corrected chi connectivity index (χ4v) is 3.65. The van der Waals surface area contributed by atoms with E-state index >= 15 is 0 Å². The highest BCUT2D eigenvalue weighted by atomic mass is 32.2. The van der Waals surface area contributed by atoms with Crippen molar-refractivity contribution in [3.05, 3.63) is 54.1 Å². The summed E-state index contributed by atoms with van der Waals surface area (Å²) in [6.07, 6.45) is 0. The molecular formula is C18H20N2O5S. The van der Waals surface area contributed by atoms with Crippen molar-refractivity contribution >= 4 is 15.9 Å². The molecule has 2 aromatic rings. The highest BCUT2D eigenvalue weighted by molar-refractivity contribution is 7.89. The van der Waals surface area contributed by atoms with Gasteiger partial charge in [-0.25, -0.2) is 13.1 Å². The molecule has 0 aliphatic carbocycles. The van der Waals surface area contributed by atoms with E-state index in [0.717, 1.165) is 5.56 Å². The molecule has 8 heteroatoms. The molecule has 0 atom stereocenters. The fourth-order valence-electron chi connectivity index (χ4n) is 2.61. The maximum Gasteiger partial charge on any atom is 0.240 e. The number of rotatable bonds is 7. The Bertz CT molecular complexity index is 884. The van der Waals surface area contributed by atoms with Gasteiger partial charge in [0.05, 0.1) is 4.90 Å². The largest absolute Gasteiger partial charge is 0.454 e. The number of benzene rings is 2. The molecule has 138 valence electrons. The number of fused-ring (bicyclic) bond motifs is 1. The Hall–Kier alpha value is -2.58.